The standard InChI is InChI=1S/C26H27ClF4N6O/c27-20-16-18(5-6-21(20)28)22-17-23(34-25(33-22)38-15-14-35-8-1-2-9-35)36-10-12-37(13-11-36)24-19(26(29,30)31)4-3-7-32-24/h3-7,16-17H,1-2,8-15H2. The summed E-state index contributed by atoms with van der Waals surface area (Å²) in [6, 6.07) is 8.63. The summed E-state index contributed by atoms with van der Waals surface area (Å²) in [5, 5.41) is -0.0244. The lowest BCUT2D eigenvalue weighted by atomic mass is 10.1. The summed E-state index contributed by atoms with van der Waals surface area (Å²) in [6.45, 7) is 4.75. The van der Waals surface area contributed by atoms with E-state index in [9.17, 15) is 17.6 Å². The molecular weight excluding hydrogens is 524 g/mol. The molecule has 2 aliphatic heterocycles. The molecule has 0 unspecified atom stereocenters. The SMILES string of the molecule is Fc1ccc(-c2cc(N3CCN(c4ncccc4C(F)(F)F)CC3)nc(OCCN3CCCC3)n2)cc1Cl. The smallest absolute Gasteiger partial charge is 0.419 e. The number of aromatic nitrogens is 3. The van der Waals surface area contributed by atoms with E-state index in [2.05, 4.69) is 19.9 Å². The normalized spacial score (nSPS) is 16.8. The Labute approximate surface area is 223 Å². The number of ether oxygens (including phenoxy) is 1. The quantitative estimate of drug-likeness (QED) is 0.377. The first kappa shape index (κ1) is 26.4. The van der Waals surface area contributed by atoms with Gasteiger partial charge in [-0.3, -0.25) is 4.90 Å². The van der Waals surface area contributed by atoms with Gasteiger partial charge in [0.15, 0.2) is 0 Å². The van der Waals surface area contributed by atoms with Crippen LogP contribution in [0.4, 0.5) is 29.2 Å². The summed E-state index contributed by atoms with van der Waals surface area (Å²) in [5.74, 6) is -0.0334. The average Bonchev–Trinajstić information content (AvgIpc) is 3.43. The lowest BCUT2D eigenvalue weighted by Gasteiger charge is -2.37. The minimum atomic E-state index is -4.49. The molecule has 4 heterocycles. The van der Waals surface area contributed by atoms with Gasteiger partial charge in [0.2, 0.25) is 0 Å². The van der Waals surface area contributed by atoms with E-state index in [1.807, 2.05) is 4.90 Å². The minimum absolute atomic E-state index is 0.0244. The van der Waals surface area contributed by atoms with Crippen LogP contribution in [0.3, 0.4) is 0 Å². The highest BCUT2D eigenvalue weighted by Gasteiger charge is 2.36. The van der Waals surface area contributed by atoms with E-state index < -0.39 is 17.6 Å². The molecule has 202 valence electrons. The number of hydrogen-bond acceptors (Lipinski definition) is 7. The maximum atomic E-state index is 13.8. The van der Waals surface area contributed by atoms with Crippen LogP contribution < -0.4 is 14.5 Å². The van der Waals surface area contributed by atoms with Gasteiger partial charge in [0.1, 0.15) is 24.1 Å². The Kier molecular flexibility index (Phi) is 7.85. The zero-order chi connectivity index (χ0) is 26.7. The lowest BCUT2D eigenvalue weighted by molar-refractivity contribution is -0.137. The predicted molar refractivity (Wildman–Crippen MR) is 137 cm³/mol. The number of rotatable bonds is 7. The molecule has 0 amide bonds. The topological polar surface area (TPSA) is 57.6 Å². The molecule has 3 aromatic rings. The maximum absolute atomic E-state index is 13.8. The molecule has 12 heteroatoms. The van der Waals surface area contributed by atoms with Crippen LogP contribution >= 0.6 is 11.6 Å². The third-order valence-corrected chi connectivity index (χ3v) is 7.03. The Balaban J connectivity index is 1.36. The Morgan fingerprint density at radius 2 is 1.66 bits per heavy atom. The van der Waals surface area contributed by atoms with E-state index in [0.717, 1.165) is 25.7 Å². The van der Waals surface area contributed by atoms with E-state index in [1.165, 1.54) is 37.2 Å². The fourth-order valence-corrected chi connectivity index (χ4v) is 4.91. The fraction of sp³-hybridized carbons (Fsp3) is 0.423. The second-order valence-corrected chi connectivity index (χ2v) is 9.67. The van der Waals surface area contributed by atoms with Crippen LogP contribution in [-0.2, 0) is 6.18 Å². The van der Waals surface area contributed by atoms with Gasteiger partial charge >= 0.3 is 12.2 Å². The van der Waals surface area contributed by atoms with E-state index in [1.54, 1.807) is 17.0 Å². The van der Waals surface area contributed by atoms with E-state index in [-0.39, 0.29) is 16.9 Å². The van der Waals surface area contributed by atoms with Crippen molar-refractivity contribution in [2.45, 2.75) is 19.0 Å². The number of benzene rings is 1. The predicted octanol–water partition coefficient (Wildman–Crippen LogP) is 5.15. The van der Waals surface area contributed by atoms with Crippen LogP contribution in [0.25, 0.3) is 11.3 Å². The highest BCUT2D eigenvalue weighted by molar-refractivity contribution is 6.31. The molecule has 0 spiro atoms. The van der Waals surface area contributed by atoms with Gasteiger partial charge in [0, 0.05) is 50.6 Å². The van der Waals surface area contributed by atoms with Crippen LogP contribution in [0.15, 0.2) is 42.6 Å². The second-order valence-electron chi connectivity index (χ2n) is 9.27. The summed E-state index contributed by atoms with van der Waals surface area (Å²) >= 11 is 6.01. The number of halogens is 5. The first-order valence-corrected chi connectivity index (χ1v) is 12.9. The molecule has 0 aliphatic carbocycles. The van der Waals surface area contributed by atoms with Crippen molar-refractivity contribution in [1.82, 2.24) is 19.9 Å². The molecule has 2 fully saturated rings. The number of hydrogen-bond donors (Lipinski definition) is 0. The Morgan fingerprint density at radius 3 is 2.37 bits per heavy atom. The Bertz CT molecular complexity index is 1260. The van der Waals surface area contributed by atoms with Crippen molar-refractivity contribution in [2.24, 2.45) is 0 Å². The highest BCUT2D eigenvalue weighted by atomic mass is 35.5. The van der Waals surface area contributed by atoms with Crippen molar-refractivity contribution in [1.29, 1.82) is 0 Å². The van der Waals surface area contributed by atoms with Crippen molar-refractivity contribution >= 4 is 23.2 Å². The molecule has 38 heavy (non-hydrogen) atoms. The van der Waals surface area contributed by atoms with Gasteiger partial charge in [0.25, 0.3) is 0 Å². The van der Waals surface area contributed by atoms with Crippen LogP contribution in [0.1, 0.15) is 18.4 Å². The van der Waals surface area contributed by atoms with Gasteiger partial charge in [-0.1, -0.05) is 11.6 Å². The molecule has 0 saturated carbocycles. The summed E-state index contributed by atoms with van der Waals surface area (Å²) in [5.41, 5.74) is 0.366. The highest BCUT2D eigenvalue weighted by Crippen LogP contribution is 2.36. The zero-order valence-electron chi connectivity index (χ0n) is 20.6. The molecule has 0 radical (unpaired) electrons. The summed E-state index contributed by atoms with van der Waals surface area (Å²) < 4.78 is 60.2. The number of pyridine rings is 1. The van der Waals surface area contributed by atoms with Gasteiger partial charge in [-0.2, -0.15) is 23.1 Å². The number of alkyl halides is 3. The maximum Gasteiger partial charge on any atom is 0.419 e. The van der Waals surface area contributed by atoms with Crippen LogP contribution in [-0.4, -0.2) is 72.3 Å². The van der Waals surface area contributed by atoms with Crippen molar-refractivity contribution in [3.8, 4) is 17.3 Å². The molecule has 0 N–H and O–H groups in total. The van der Waals surface area contributed by atoms with E-state index >= 15 is 0 Å². The molecule has 2 aromatic heterocycles. The second kappa shape index (κ2) is 11.3. The molecule has 2 saturated heterocycles. The number of piperazine rings is 1. The monoisotopic (exact) mass is 550 g/mol. The number of nitrogens with zero attached hydrogens (tertiary/aromatic N) is 6. The summed E-state index contributed by atoms with van der Waals surface area (Å²) in [6.07, 6.45) is -0.764. The fourth-order valence-electron chi connectivity index (χ4n) is 4.73. The average molecular weight is 551 g/mol. The number of anilines is 2. The largest absolute Gasteiger partial charge is 0.462 e. The summed E-state index contributed by atoms with van der Waals surface area (Å²) in [4.78, 5) is 19.1. The van der Waals surface area contributed by atoms with E-state index in [0.29, 0.717) is 49.9 Å². The molecule has 2 aliphatic rings. The third kappa shape index (κ3) is 6.10. The first-order chi connectivity index (χ1) is 18.3. The third-order valence-electron chi connectivity index (χ3n) is 6.74. The summed E-state index contributed by atoms with van der Waals surface area (Å²) in [7, 11) is 0. The van der Waals surface area contributed by atoms with Crippen LogP contribution in [0.2, 0.25) is 5.02 Å². The van der Waals surface area contributed by atoms with Crippen LogP contribution in [0.5, 0.6) is 6.01 Å². The van der Waals surface area contributed by atoms with Gasteiger partial charge in [-0.25, -0.2) is 9.37 Å². The van der Waals surface area contributed by atoms with E-state index in [4.69, 9.17) is 16.3 Å². The van der Waals surface area contributed by atoms with Crippen molar-refractivity contribution in [3.05, 3.63) is 59.0 Å². The molecule has 0 bridgehead atoms. The number of likely N-dealkylation sites (tertiary alicyclic amines) is 1. The van der Waals surface area contributed by atoms with Crippen molar-refractivity contribution in [3.63, 3.8) is 0 Å². The molecule has 1 aromatic carbocycles. The lowest BCUT2D eigenvalue weighted by Crippen LogP contribution is -2.47. The Hall–Kier alpha value is -3.18. The van der Waals surface area contributed by atoms with Gasteiger partial charge in [-0.15, -0.1) is 0 Å². The van der Waals surface area contributed by atoms with Crippen LogP contribution in [0, 0.1) is 5.82 Å². The van der Waals surface area contributed by atoms with Gasteiger partial charge in [0.05, 0.1) is 16.3 Å². The first-order valence-electron chi connectivity index (χ1n) is 12.5. The van der Waals surface area contributed by atoms with Crippen molar-refractivity contribution < 1.29 is 22.3 Å². The molecule has 5 rings (SSSR count). The molecular formula is C26H27ClF4N6O. The van der Waals surface area contributed by atoms with Gasteiger partial charge in [-0.05, 0) is 56.3 Å². The Morgan fingerprint density at radius 1 is 0.921 bits per heavy atom. The zero-order valence-corrected chi connectivity index (χ0v) is 21.3. The molecule has 0 atom stereocenters. The minimum Gasteiger partial charge on any atom is -0.462 e. The van der Waals surface area contributed by atoms with Crippen molar-refractivity contribution in [2.75, 3.05) is 62.2 Å². The van der Waals surface area contributed by atoms with Gasteiger partial charge < -0.3 is 14.5 Å². The molecule has 7 nitrogen and oxygen atoms in total.